The molecule has 164 valence electrons. The van der Waals surface area contributed by atoms with Crippen molar-refractivity contribution >= 4 is 23.7 Å². The van der Waals surface area contributed by atoms with E-state index in [0.717, 1.165) is 6.42 Å². The van der Waals surface area contributed by atoms with Gasteiger partial charge in [0.15, 0.2) is 6.04 Å². The fourth-order valence-corrected chi connectivity index (χ4v) is 3.67. The molecule has 0 saturated carbocycles. The summed E-state index contributed by atoms with van der Waals surface area (Å²) in [4.78, 5) is 50.4. The molecular formula is C18H30N4O7. The summed E-state index contributed by atoms with van der Waals surface area (Å²) in [6.07, 6.45) is -0.188. The number of hydrogen-bond donors (Lipinski definition) is 6. The topological polar surface area (TPSA) is 168 Å². The van der Waals surface area contributed by atoms with Crippen LogP contribution >= 0.6 is 0 Å². The fraction of sp³-hybridized carbons (Fsp3) is 0.778. The Labute approximate surface area is 168 Å². The van der Waals surface area contributed by atoms with E-state index in [2.05, 4.69) is 16.0 Å². The highest BCUT2D eigenvalue weighted by Crippen LogP contribution is 2.20. The van der Waals surface area contributed by atoms with Crippen LogP contribution in [0.5, 0.6) is 0 Å². The molecule has 11 nitrogen and oxygen atoms in total. The predicted octanol–water partition coefficient (Wildman–Crippen LogP) is -2.45. The molecule has 2 aliphatic heterocycles. The molecule has 0 aromatic rings. The van der Waals surface area contributed by atoms with Gasteiger partial charge in [0.05, 0.1) is 18.2 Å². The summed E-state index contributed by atoms with van der Waals surface area (Å²) in [5.41, 5.74) is 0. The lowest BCUT2D eigenvalue weighted by Crippen LogP contribution is -2.60. The summed E-state index contributed by atoms with van der Waals surface area (Å²) in [5.74, 6) is -3.07. The Morgan fingerprint density at radius 2 is 1.59 bits per heavy atom. The van der Waals surface area contributed by atoms with Crippen LogP contribution < -0.4 is 16.0 Å². The number of rotatable bonds is 8. The first-order valence-electron chi connectivity index (χ1n) is 9.87. The second kappa shape index (κ2) is 9.99. The Hall–Kier alpha value is -2.24. The average molecular weight is 414 g/mol. The first-order valence-corrected chi connectivity index (χ1v) is 9.87. The SMILES string of the molecule is CC(O)C(NC(=O)C1CCCN1C(=O)C(NC(=O)C1CCCN1)C(C)O)C(=O)O. The minimum atomic E-state index is -1.50. The second-order valence-corrected chi connectivity index (χ2v) is 7.63. The first kappa shape index (κ1) is 23.0. The summed E-state index contributed by atoms with van der Waals surface area (Å²) >= 11 is 0. The Balaban J connectivity index is 2.08. The second-order valence-electron chi connectivity index (χ2n) is 7.63. The molecule has 2 aliphatic rings. The fourth-order valence-electron chi connectivity index (χ4n) is 3.67. The molecule has 0 radical (unpaired) electrons. The van der Waals surface area contributed by atoms with E-state index in [1.807, 2.05) is 0 Å². The number of nitrogens with zero attached hydrogens (tertiary/aromatic N) is 1. The molecule has 2 fully saturated rings. The normalized spacial score (nSPS) is 25.7. The summed E-state index contributed by atoms with van der Waals surface area (Å²) in [7, 11) is 0. The van der Waals surface area contributed by atoms with Gasteiger partial charge in [-0.05, 0) is 46.1 Å². The Morgan fingerprint density at radius 3 is 2.10 bits per heavy atom. The van der Waals surface area contributed by atoms with Crippen LogP contribution in [0.1, 0.15) is 39.5 Å². The van der Waals surface area contributed by atoms with Crippen molar-refractivity contribution in [3.8, 4) is 0 Å². The lowest BCUT2D eigenvalue weighted by Gasteiger charge is -2.31. The van der Waals surface area contributed by atoms with Crippen molar-refractivity contribution in [3.63, 3.8) is 0 Å². The summed E-state index contributed by atoms with van der Waals surface area (Å²) < 4.78 is 0. The number of carboxylic acids is 1. The molecule has 0 bridgehead atoms. The maximum Gasteiger partial charge on any atom is 0.328 e. The quantitative estimate of drug-likeness (QED) is 0.254. The number of hydrogen-bond acceptors (Lipinski definition) is 7. The van der Waals surface area contributed by atoms with E-state index in [9.17, 15) is 29.4 Å². The van der Waals surface area contributed by atoms with Crippen LogP contribution in [0.25, 0.3) is 0 Å². The van der Waals surface area contributed by atoms with E-state index >= 15 is 0 Å². The van der Waals surface area contributed by atoms with E-state index in [-0.39, 0.29) is 12.5 Å². The number of aliphatic carboxylic acids is 1. The van der Waals surface area contributed by atoms with Gasteiger partial charge in [0, 0.05) is 6.54 Å². The number of likely N-dealkylation sites (tertiary alicyclic amines) is 1. The Morgan fingerprint density at radius 1 is 0.966 bits per heavy atom. The molecular weight excluding hydrogens is 384 g/mol. The number of aliphatic hydroxyl groups is 2. The summed E-state index contributed by atoms with van der Waals surface area (Å²) in [6.45, 7) is 3.56. The van der Waals surface area contributed by atoms with Gasteiger partial charge in [-0.2, -0.15) is 0 Å². The van der Waals surface area contributed by atoms with E-state index in [1.165, 1.54) is 18.7 Å². The van der Waals surface area contributed by atoms with Crippen LogP contribution in [0.3, 0.4) is 0 Å². The molecule has 0 aromatic heterocycles. The van der Waals surface area contributed by atoms with Crippen LogP contribution in [-0.2, 0) is 19.2 Å². The number of nitrogens with one attached hydrogen (secondary N) is 3. The zero-order chi connectivity index (χ0) is 21.7. The highest BCUT2D eigenvalue weighted by atomic mass is 16.4. The minimum absolute atomic E-state index is 0.240. The van der Waals surface area contributed by atoms with Gasteiger partial charge >= 0.3 is 5.97 Å². The van der Waals surface area contributed by atoms with E-state index < -0.39 is 54.2 Å². The largest absolute Gasteiger partial charge is 0.480 e. The Bertz CT molecular complexity index is 634. The molecule has 2 heterocycles. The van der Waals surface area contributed by atoms with Gasteiger partial charge in [-0.3, -0.25) is 14.4 Å². The number of carbonyl (C=O) groups excluding carboxylic acids is 3. The van der Waals surface area contributed by atoms with Gasteiger partial charge in [0.25, 0.3) is 0 Å². The number of carbonyl (C=O) groups is 4. The molecule has 6 atom stereocenters. The standard InChI is InChI=1S/C18H30N4O7/c1-9(23)13(20-15(25)11-5-3-7-19-11)17(27)22-8-4-6-12(22)16(26)21-14(10(2)24)18(28)29/h9-14,19,23-24H,3-8H2,1-2H3,(H,20,25)(H,21,26)(H,28,29). The zero-order valence-corrected chi connectivity index (χ0v) is 16.6. The molecule has 2 saturated heterocycles. The van der Waals surface area contributed by atoms with Crippen molar-refractivity contribution in [1.82, 2.24) is 20.9 Å². The number of carboxylic acid groups (broad SMARTS) is 1. The van der Waals surface area contributed by atoms with Crippen molar-refractivity contribution in [3.05, 3.63) is 0 Å². The lowest BCUT2D eigenvalue weighted by atomic mass is 10.1. The third kappa shape index (κ3) is 5.64. The van der Waals surface area contributed by atoms with Gasteiger partial charge in [-0.15, -0.1) is 0 Å². The van der Waals surface area contributed by atoms with Gasteiger partial charge < -0.3 is 36.2 Å². The monoisotopic (exact) mass is 414 g/mol. The van der Waals surface area contributed by atoms with Gasteiger partial charge in [0.1, 0.15) is 12.1 Å². The lowest BCUT2D eigenvalue weighted by molar-refractivity contribution is -0.147. The van der Waals surface area contributed by atoms with Gasteiger partial charge in [-0.25, -0.2) is 4.79 Å². The molecule has 0 spiro atoms. The first-order chi connectivity index (χ1) is 13.6. The van der Waals surface area contributed by atoms with Crippen LogP contribution in [0, 0.1) is 0 Å². The van der Waals surface area contributed by atoms with E-state index in [4.69, 9.17) is 5.11 Å². The van der Waals surface area contributed by atoms with Crippen molar-refractivity contribution in [1.29, 1.82) is 0 Å². The third-order valence-corrected chi connectivity index (χ3v) is 5.31. The maximum absolute atomic E-state index is 13.0. The summed E-state index contributed by atoms with van der Waals surface area (Å²) in [5, 5.41) is 36.6. The minimum Gasteiger partial charge on any atom is -0.480 e. The zero-order valence-electron chi connectivity index (χ0n) is 16.6. The van der Waals surface area contributed by atoms with Crippen molar-refractivity contribution < 1.29 is 34.5 Å². The van der Waals surface area contributed by atoms with Crippen LogP contribution in [0.4, 0.5) is 0 Å². The van der Waals surface area contributed by atoms with Crippen molar-refractivity contribution in [2.75, 3.05) is 13.1 Å². The third-order valence-electron chi connectivity index (χ3n) is 5.31. The Kier molecular flexibility index (Phi) is 7.94. The molecule has 0 aromatic carbocycles. The molecule has 29 heavy (non-hydrogen) atoms. The predicted molar refractivity (Wildman–Crippen MR) is 101 cm³/mol. The number of aliphatic hydroxyl groups excluding tert-OH is 2. The van der Waals surface area contributed by atoms with Crippen LogP contribution in [-0.4, -0.2) is 93.4 Å². The summed E-state index contributed by atoms with van der Waals surface area (Å²) in [6, 6.07) is -4.08. The molecule has 3 amide bonds. The molecule has 11 heteroatoms. The molecule has 6 unspecified atom stereocenters. The average Bonchev–Trinajstić information content (AvgIpc) is 3.33. The van der Waals surface area contributed by atoms with Crippen LogP contribution in [0.2, 0.25) is 0 Å². The molecule has 0 aliphatic carbocycles. The molecule has 6 N–H and O–H groups in total. The van der Waals surface area contributed by atoms with Gasteiger partial charge in [0.2, 0.25) is 17.7 Å². The molecule has 2 rings (SSSR count). The maximum atomic E-state index is 13.0. The highest BCUT2D eigenvalue weighted by Gasteiger charge is 2.41. The smallest absolute Gasteiger partial charge is 0.328 e. The number of amides is 3. The van der Waals surface area contributed by atoms with Crippen molar-refractivity contribution in [2.24, 2.45) is 0 Å². The van der Waals surface area contributed by atoms with E-state index in [0.29, 0.717) is 25.8 Å². The van der Waals surface area contributed by atoms with E-state index in [1.54, 1.807) is 0 Å². The van der Waals surface area contributed by atoms with Gasteiger partial charge in [-0.1, -0.05) is 0 Å². The van der Waals surface area contributed by atoms with Crippen molar-refractivity contribution in [2.45, 2.75) is 75.9 Å². The highest BCUT2D eigenvalue weighted by molar-refractivity contribution is 5.95. The van der Waals surface area contributed by atoms with Crippen LogP contribution in [0.15, 0.2) is 0 Å².